The van der Waals surface area contributed by atoms with E-state index in [0.717, 1.165) is 44.9 Å². The number of benzene rings is 3. The second-order valence-corrected chi connectivity index (χ2v) is 10.6. The molecule has 0 saturated carbocycles. The van der Waals surface area contributed by atoms with Crippen molar-refractivity contribution in [2.24, 2.45) is 0 Å². The van der Waals surface area contributed by atoms with Gasteiger partial charge in [0, 0.05) is 16.3 Å². The summed E-state index contributed by atoms with van der Waals surface area (Å²) in [6.07, 6.45) is 1.62. The molecule has 1 N–H and O–H groups in total. The fourth-order valence-corrected chi connectivity index (χ4v) is 6.31. The summed E-state index contributed by atoms with van der Waals surface area (Å²) in [6.45, 7) is 4.25. The van der Waals surface area contributed by atoms with E-state index in [1.807, 2.05) is 56.3 Å². The highest BCUT2D eigenvalue weighted by Gasteiger charge is 2.24. The lowest BCUT2D eigenvalue weighted by Crippen LogP contribution is -2.25. The van der Waals surface area contributed by atoms with E-state index >= 15 is 0 Å². The fraction of sp³-hybridized carbons (Fsp3) is 0.250. The smallest absolute Gasteiger partial charge is 0.207 e. The van der Waals surface area contributed by atoms with Gasteiger partial charge in [0.2, 0.25) is 10.0 Å². The van der Waals surface area contributed by atoms with Crippen LogP contribution < -0.4 is 4.72 Å². The molecule has 0 unspecified atom stereocenters. The molecular weight excluding hydrogens is 417 g/mol. The molecule has 0 fully saturated rings. The van der Waals surface area contributed by atoms with Crippen molar-refractivity contribution < 1.29 is 12.8 Å². The predicted octanol–water partition coefficient (Wildman–Crippen LogP) is 5.68. The van der Waals surface area contributed by atoms with Gasteiger partial charge in [0.15, 0.2) is 0 Å². The van der Waals surface area contributed by atoms with Gasteiger partial charge in [-0.25, -0.2) is 17.5 Å². The van der Waals surface area contributed by atoms with E-state index in [0.29, 0.717) is 4.90 Å². The average Bonchev–Trinajstić information content (AvgIpc) is 2.90. The normalized spacial score (nSPS) is 13.6. The van der Waals surface area contributed by atoms with Crippen LogP contribution in [0.15, 0.2) is 75.4 Å². The number of fused-ring (bicyclic) bond motifs is 2. The van der Waals surface area contributed by atoms with Gasteiger partial charge in [-0.2, -0.15) is 0 Å². The third kappa shape index (κ3) is 4.46. The maximum Gasteiger partial charge on any atom is 0.241 e. The van der Waals surface area contributed by atoms with Crippen molar-refractivity contribution in [3.05, 3.63) is 88.7 Å². The lowest BCUT2D eigenvalue weighted by atomic mass is 9.97. The standard InChI is InChI=1S/C24H24FNO2S2/c1-16(2)21-12-19-9-8-18-10-11-20(25)13-22(18)29-23(19)14-24(21)30(27,28)26-15-17-6-4-3-5-7-17/h3-7,10-14,16,26H,8-9,15H2,1-2H3. The van der Waals surface area contributed by atoms with Crippen LogP contribution in [0, 0.1) is 5.82 Å². The molecule has 0 amide bonds. The van der Waals surface area contributed by atoms with Gasteiger partial charge in [-0.3, -0.25) is 0 Å². The molecule has 30 heavy (non-hydrogen) atoms. The zero-order chi connectivity index (χ0) is 21.3. The Balaban J connectivity index is 1.73. The summed E-state index contributed by atoms with van der Waals surface area (Å²) < 4.78 is 43.0. The lowest BCUT2D eigenvalue weighted by molar-refractivity contribution is 0.578. The SMILES string of the molecule is CC(C)c1cc2c(cc1S(=O)(=O)NCc1ccccc1)Sc1cc(F)ccc1CC2. The molecule has 0 spiro atoms. The summed E-state index contributed by atoms with van der Waals surface area (Å²) in [5, 5.41) is 0. The molecule has 0 radical (unpaired) electrons. The average molecular weight is 442 g/mol. The van der Waals surface area contributed by atoms with Gasteiger partial charge in [-0.05, 0) is 59.2 Å². The number of sulfonamides is 1. The van der Waals surface area contributed by atoms with Gasteiger partial charge in [0.1, 0.15) is 5.82 Å². The second kappa shape index (κ2) is 8.53. The van der Waals surface area contributed by atoms with Crippen molar-refractivity contribution in [3.63, 3.8) is 0 Å². The van der Waals surface area contributed by atoms with E-state index in [4.69, 9.17) is 0 Å². The van der Waals surface area contributed by atoms with Gasteiger partial charge in [0.25, 0.3) is 0 Å². The van der Waals surface area contributed by atoms with Gasteiger partial charge in [-0.1, -0.05) is 68.1 Å². The molecular formula is C24H24FNO2S2. The fourth-order valence-electron chi connectivity index (χ4n) is 3.67. The minimum Gasteiger partial charge on any atom is -0.207 e. The predicted molar refractivity (Wildman–Crippen MR) is 119 cm³/mol. The first-order chi connectivity index (χ1) is 14.3. The van der Waals surface area contributed by atoms with E-state index in [9.17, 15) is 12.8 Å². The molecule has 0 atom stereocenters. The Bertz CT molecular complexity index is 1180. The molecule has 1 aliphatic rings. The van der Waals surface area contributed by atoms with Crippen LogP contribution >= 0.6 is 11.8 Å². The largest absolute Gasteiger partial charge is 0.241 e. The summed E-state index contributed by atoms with van der Waals surface area (Å²) in [4.78, 5) is 2.04. The summed E-state index contributed by atoms with van der Waals surface area (Å²) in [5.74, 6) is -0.215. The molecule has 0 saturated heterocycles. The molecule has 156 valence electrons. The first kappa shape index (κ1) is 21.1. The monoisotopic (exact) mass is 441 g/mol. The topological polar surface area (TPSA) is 46.2 Å². The Morgan fingerprint density at radius 1 is 0.967 bits per heavy atom. The molecule has 3 aromatic carbocycles. The van der Waals surface area contributed by atoms with Crippen molar-refractivity contribution in [3.8, 4) is 0 Å². The van der Waals surface area contributed by atoms with Crippen molar-refractivity contribution >= 4 is 21.8 Å². The van der Waals surface area contributed by atoms with Crippen LogP contribution in [0.2, 0.25) is 0 Å². The summed E-state index contributed by atoms with van der Waals surface area (Å²) in [5.41, 5.74) is 3.92. The number of aryl methyl sites for hydroxylation is 2. The van der Waals surface area contributed by atoms with Crippen molar-refractivity contribution in [1.82, 2.24) is 4.72 Å². The van der Waals surface area contributed by atoms with Crippen LogP contribution in [0.4, 0.5) is 4.39 Å². The Morgan fingerprint density at radius 2 is 1.67 bits per heavy atom. The van der Waals surface area contributed by atoms with E-state index in [1.165, 1.54) is 23.9 Å². The van der Waals surface area contributed by atoms with Crippen LogP contribution in [0.3, 0.4) is 0 Å². The zero-order valence-electron chi connectivity index (χ0n) is 17.0. The van der Waals surface area contributed by atoms with Gasteiger partial charge >= 0.3 is 0 Å². The lowest BCUT2D eigenvalue weighted by Gasteiger charge is -2.18. The molecule has 0 aromatic heterocycles. The number of hydrogen-bond donors (Lipinski definition) is 1. The number of nitrogens with one attached hydrogen (secondary N) is 1. The maximum absolute atomic E-state index is 13.8. The van der Waals surface area contributed by atoms with Crippen molar-refractivity contribution in [1.29, 1.82) is 0 Å². The van der Waals surface area contributed by atoms with E-state index < -0.39 is 10.0 Å². The minimum atomic E-state index is -3.70. The van der Waals surface area contributed by atoms with Crippen molar-refractivity contribution in [2.45, 2.75) is 53.8 Å². The first-order valence-corrected chi connectivity index (χ1v) is 12.3. The van der Waals surface area contributed by atoms with Gasteiger partial charge in [-0.15, -0.1) is 0 Å². The van der Waals surface area contributed by atoms with Crippen LogP contribution in [0.25, 0.3) is 0 Å². The minimum absolute atomic E-state index is 0.0617. The summed E-state index contributed by atoms with van der Waals surface area (Å²) in [6, 6.07) is 18.1. The molecule has 0 bridgehead atoms. The van der Waals surface area contributed by atoms with E-state index in [1.54, 1.807) is 6.07 Å². The number of hydrogen-bond acceptors (Lipinski definition) is 3. The molecule has 0 aliphatic carbocycles. The highest BCUT2D eigenvalue weighted by molar-refractivity contribution is 7.99. The number of rotatable bonds is 5. The second-order valence-electron chi connectivity index (χ2n) is 7.82. The van der Waals surface area contributed by atoms with Gasteiger partial charge in [0.05, 0.1) is 4.90 Å². The van der Waals surface area contributed by atoms with Crippen LogP contribution in [-0.2, 0) is 29.4 Å². The maximum atomic E-state index is 13.8. The third-order valence-corrected chi connectivity index (χ3v) is 7.98. The molecule has 6 heteroatoms. The van der Waals surface area contributed by atoms with Crippen LogP contribution in [0.5, 0.6) is 0 Å². The molecule has 3 aromatic rings. The van der Waals surface area contributed by atoms with Crippen LogP contribution in [0.1, 0.15) is 42.0 Å². The highest BCUT2D eigenvalue weighted by atomic mass is 32.2. The van der Waals surface area contributed by atoms with Gasteiger partial charge < -0.3 is 0 Å². The Labute approximate surface area is 181 Å². The molecule has 1 aliphatic heterocycles. The summed E-state index contributed by atoms with van der Waals surface area (Å²) >= 11 is 1.45. The number of halogens is 1. The highest BCUT2D eigenvalue weighted by Crippen LogP contribution is 2.40. The summed E-state index contributed by atoms with van der Waals surface area (Å²) in [7, 11) is -3.70. The van der Waals surface area contributed by atoms with Crippen LogP contribution in [-0.4, -0.2) is 8.42 Å². The van der Waals surface area contributed by atoms with E-state index in [2.05, 4.69) is 4.72 Å². The Kier molecular flexibility index (Phi) is 6.00. The molecule has 3 nitrogen and oxygen atoms in total. The first-order valence-electron chi connectivity index (χ1n) is 10.00. The Hall–Kier alpha value is -2.15. The van der Waals surface area contributed by atoms with E-state index in [-0.39, 0.29) is 18.3 Å². The van der Waals surface area contributed by atoms with Crippen molar-refractivity contribution in [2.75, 3.05) is 0 Å². The Morgan fingerprint density at radius 3 is 2.40 bits per heavy atom. The quantitative estimate of drug-likeness (QED) is 0.554. The molecule has 4 rings (SSSR count). The zero-order valence-corrected chi connectivity index (χ0v) is 18.6. The third-order valence-electron chi connectivity index (χ3n) is 5.33. The molecule has 1 heterocycles.